The van der Waals surface area contributed by atoms with Gasteiger partial charge in [-0.1, -0.05) is 24.3 Å². The van der Waals surface area contributed by atoms with Crippen molar-refractivity contribution >= 4 is 11.6 Å². The Morgan fingerprint density at radius 1 is 1.60 bits per heavy atom. The lowest BCUT2D eigenvalue weighted by atomic mass is 10.1. The maximum absolute atomic E-state index is 5.51. The van der Waals surface area contributed by atoms with E-state index in [2.05, 4.69) is 6.58 Å². The lowest BCUT2D eigenvalue weighted by Gasteiger charge is -1.99. The first kappa shape index (κ1) is 9.73. The quantitative estimate of drug-likeness (QED) is 0.483. The Labute approximate surface area is 67.6 Å². The average molecular weight is 160 g/mol. The molecular formula is C8H14ClN. The monoisotopic (exact) mass is 159 g/mol. The molecule has 10 heavy (non-hydrogen) atoms. The molecule has 0 heterocycles. The smallest absolute Gasteiger partial charge is 0.0226 e. The van der Waals surface area contributed by atoms with E-state index in [0.29, 0.717) is 12.4 Å². The Morgan fingerprint density at radius 3 is 2.70 bits per heavy atom. The molecule has 0 unspecified atom stereocenters. The normalized spacial score (nSPS) is 11.6. The predicted octanol–water partition coefficient (Wildman–Crippen LogP) is 2.08. The van der Waals surface area contributed by atoms with Crippen LogP contribution in [0.4, 0.5) is 0 Å². The first-order valence-electron chi connectivity index (χ1n) is 3.41. The first-order chi connectivity index (χ1) is 4.85. The van der Waals surface area contributed by atoms with E-state index in [1.165, 1.54) is 5.57 Å². The summed E-state index contributed by atoms with van der Waals surface area (Å²) >= 11 is 5.51. The SMILES string of the molecule is C=C/C=C(/CN)CCCCl. The van der Waals surface area contributed by atoms with E-state index < -0.39 is 0 Å². The largest absolute Gasteiger partial charge is 0.327 e. The predicted molar refractivity (Wildman–Crippen MR) is 47.3 cm³/mol. The number of allylic oxidation sites excluding steroid dienone is 2. The van der Waals surface area contributed by atoms with Crippen LogP contribution in [0, 0.1) is 0 Å². The topological polar surface area (TPSA) is 26.0 Å². The summed E-state index contributed by atoms with van der Waals surface area (Å²) in [6, 6.07) is 0. The molecule has 0 aliphatic carbocycles. The standard InChI is InChI=1S/C8H14ClN/c1-2-4-8(7-10)5-3-6-9/h2,4H,1,3,5-7,10H2/b8-4+. The molecule has 0 amide bonds. The van der Waals surface area contributed by atoms with E-state index in [4.69, 9.17) is 17.3 Å². The Kier molecular flexibility index (Phi) is 6.66. The summed E-state index contributed by atoms with van der Waals surface area (Å²) in [5.74, 6) is 0.703. The van der Waals surface area contributed by atoms with Crippen molar-refractivity contribution < 1.29 is 0 Å². The summed E-state index contributed by atoms with van der Waals surface area (Å²) in [6.45, 7) is 4.21. The van der Waals surface area contributed by atoms with Crippen molar-refractivity contribution in [2.24, 2.45) is 5.73 Å². The molecule has 0 saturated heterocycles. The molecule has 0 aromatic carbocycles. The van der Waals surface area contributed by atoms with Crippen molar-refractivity contribution in [2.75, 3.05) is 12.4 Å². The molecule has 0 fully saturated rings. The third-order valence-electron chi connectivity index (χ3n) is 1.25. The molecule has 2 N–H and O–H groups in total. The third-order valence-corrected chi connectivity index (χ3v) is 1.51. The van der Waals surface area contributed by atoms with Crippen molar-refractivity contribution in [3.63, 3.8) is 0 Å². The van der Waals surface area contributed by atoms with Crippen LogP contribution in [0.5, 0.6) is 0 Å². The molecule has 58 valence electrons. The Balaban J connectivity index is 3.59. The van der Waals surface area contributed by atoms with Gasteiger partial charge in [0, 0.05) is 12.4 Å². The molecule has 0 atom stereocenters. The van der Waals surface area contributed by atoms with Crippen molar-refractivity contribution in [3.8, 4) is 0 Å². The lowest BCUT2D eigenvalue weighted by molar-refractivity contribution is 0.880. The van der Waals surface area contributed by atoms with E-state index in [1.54, 1.807) is 6.08 Å². The molecule has 0 saturated carbocycles. The van der Waals surface area contributed by atoms with Gasteiger partial charge >= 0.3 is 0 Å². The summed E-state index contributed by atoms with van der Waals surface area (Å²) in [5.41, 5.74) is 6.66. The van der Waals surface area contributed by atoms with Gasteiger partial charge in [0.25, 0.3) is 0 Å². The highest BCUT2D eigenvalue weighted by molar-refractivity contribution is 6.17. The van der Waals surface area contributed by atoms with Gasteiger partial charge < -0.3 is 5.73 Å². The van der Waals surface area contributed by atoms with Crippen LogP contribution in [0.25, 0.3) is 0 Å². The van der Waals surface area contributed by atoms with Crippen LogP contribution in [-0.2, 0) is 0 Å². The zero-order valence-corrected chi connectivity index (χ0v) is 6.90. The Bertz CT molecular complexity index is 118. The van der Waals surface area contributed by atoms with Crippen LogP contribution in [0.2, 0.25) is 0 Å². The van der Waals surface area contributed by atoms with Crippen LogP contribution in [0.15, 0.2) is 24.3 Å². The van der Waals surface area contributed by atoms with Gasteiger partial charge in [-0.2, -0.15) is 0 Å². The Hall–Kier alpha value is -0.270. The van der Waals surface area contributed by atoms with Crippen LogP contribution in [0.1, 0.15) is 12.8 Å². The number of nitrogens with two attached hydrogens (primary N) is 1. The molecule has 0 bridgehead atoms. The zero-order valence-electron chi connectivity index (χ0n) is 6.15. The minimum Gasteiger partial charge on any atom is -0.327 e. The van der Waals surface area contributed by atoms with Gasteiger partial charge in [-0.3, -0.25) is 0 Å². The van der Waals surface area contributed by atoms with Crippen molar-refractivity contribution in [2.45, 2.75) is 12.8 Å². The van der Waals surface area contributed by atoms with E-state index in [-0.39, 0.29) is 0 Å². The fraction of sp³-hybridized carbons (Fsp3) is 0.500. The molecule has 0 aliphatic rings. The minimum atomic E-state index is 0.614. The highest BCUT2D eigenvalue weighted by atomic mass is 35.5. The zero-order chi connectivity index (χ0) is 7.82. The number of halogens is 1. The van der Waals surface area contributed by atoms with E-state index in [0.717, 1.165) is 12.8 Å². The summed E-state index contributed by atoms with van der Waals surface area (Å²) in [5, 5.41) is 0. The van der Waals surface area contributed by atoms with Crippen LogP contribution < -0.4 is 5.73 Å². The van der Waals surface area contributed by atoms with Gasteiger partial charge in [-0.15, -0.1) is 11.6 Å². The summed E-state index contributed by atoms with van der Waals surface area (Å²) in [4.78, 5) is 0. The number of alkyl halides is 1. The molecule has 0 radical (unpaired) electrons. The molecule has 0 rings (SSSR count). The second kappa shape index (κ2) is 6.84. The van der Waals surface area contributed by atoms with Gasteiger partial charge in [0.05, 0.1) is 0 Å². The molecule has 0 aliphatic heterocycles. The van der Waals surface area contributed by atoms with Crippen LogP contribution >= 0.6 is 11.6 Å². The van der Waals surface area contributed by atoms with Gasteiger partial charge in [0.15, 0.2) is 0 Å². The molecule has 0 aromatic rings. The molecule has 1 nitrogen and oxygen atoms in total. The third kappa shape index (κ3) is 4.59. The maximum Gasteiger partial charge on any atom is 0.0226 e. The highest BCUT2D eigenvalue weighted by Crippen LogP contribution is 2.03. The summed E-state index contributed by atoms with van der Waals surface area (Å²) < 4.78 is 0. The molecule has 0 spiro atoms. The van der Waals surface area contributed by atoms with E-state index in [1.807, 2.05) is 6.08 Å². The van der Waals surface area contributed by atoms with Gasteiger partial charge in [0.1, 0.15) is 0 Å². The molecular weight excluding hydrogens is 146 g/mol. The average Bonchev–Trinajstić information content (AvgIpc) is 1.98. The van der Waals surface area contributed by atoms with Crippen LogP contribution in [0.3, 0.4) is 0 Å². The van der Waals surface area contributed by atoms with Crippen molar-refractivity contribution in [1.29, 1.82) is 0 Å². The number of rotatable bonds is 5. The molecule has 2 heteroatoms. The number of hydrogen-bond donors (Lipinski definition) is 1. The Morgan fingerprint density at radius 2 is 2.30 bits per heavy atom. The second-order valence-corrected chi connectivity index (χ2v) is 2.44. The second-order valence-electron chi connectivity index (χ2n) is 2.06. The summed E-state index contributed by atoms with van der Waals surface area (Å²) in [7, 11) is 0. The number of hydrogen-bond acceptors (Lipinski definition) is 1. The van der Waals surface area contributed by atoms with Crippen LogP contribution in [-0.4, -0.2) is 12.4 Å². The highest BCUT2D eigenvalue weighted by Gasteiger charge is 1.91. The maximum atomic E-state index is 5.51. The fourth-order valence-corrected chi connectivity index (χ4v) is 0.848. The van der Waals surface area contributed by atoms with Crippen molar-refractivity contribution in [3.05, 3.63) is 24.3 Å². The van der Waals surface area contributed by atoms with Gasteiger partial charge in [0.2, 0.25) is 0 Å². The minimum absolute atomic E-state index is 0.614. The van der Waals surface area contributed by atoms with Gasteiger partial charge in [-0.05, 0) is 12.8 Å². The molecule has 0 aromatic heterocycles. The van der Waals surface area contributed by atoms with E-state index >= 15 is 0 Å². The van der Waals surface area contributed by atoms with E-state index in [9.17, 15) is 0 Å². The van der Waals surface area contributed by atoms with Crippen molar-refractivity contribution in [1.82, 2.24) is 0 Å². The van der Waals surface area contributed by atoms with Gasteiger partial charge in [-0.25, -0.2) is 0 Å². The lowest BCUT2D eigenvalue weighted by Crippen LogP contribution is -2.02. The first-order valence-corrected chi connectivity index (χ1v) is 3.95. The fourth-order valence-electron chi connectivity index (χ4n) is 0.714. The summed E-state index contributed by atoms with van der Waals surface area (Å²) in [6.07, 6.45) is 5.70.